The summed E-state index contributed by atoms with van der Waals surface area (Å²) >= 11 is 0. The summed E-state index contributed by atoms with van der Waals surface area (Å²) in [5.74, 6) is 1.60. The van der Waals surface area contributed by atoms with Crippen molar-refractivity contribution in [1.82, 2.24) is 0 Å². The molecule has 1 nitrogen and oxygen atoms in total. The van der Waals surface area contributed by atoms with E-state index in [1.807, 2.05) is 0 Å². The van der Waals surface area contributed by atoms with E-state index in [0.717, 1.165) is 11.8 Å². The Labute approximate surface area is 57.2 Å². The summed E-state index contributed by atoms with van der Waals surface area (Å²) < 4.78 is 0. The minimum atomic E-state index is 0.550. The van der Waals surface area contributed by atoms with Gasteiger partial charge in [-0.05, 0) is 31.4 Å². The van der Waals surface area contributed by atoms with Crippen LogP contribution in [-0.4, -0.2) is 12.3 Å². The molecule has 0 radical (unpaired) electrons. The lowest BCUT2D eigenvalue weighted by Crippen LogP contribution is -2.23. The van der Waals surface area contributed by atoms with Crippen LogP contribution in [0.5, 0.6) is 0 Å². The molecule has 0 aromatic rings. The Morgan fingerprint density at radius 1 is 1.33 bits per heavy atom. The number of hydrogen-bond donors (Lipinski definition) is 0. The van der Waals surface area contributed by atoms with Gasteiger partial charge in [0.25, 0.3) is 0 Å². The van der Waals surface area contributed by atoms with E-state index in [1.54, 1.807) is 0 Å². The first-order chi connectivity index (χ1) is 4.22. The molecule has 0 N–H and O–H groups in total. The Balaban J connectivity index is 2.58. The predicted octanol–water partition coefficient (Wildman–Crippen LogP) is 2.12. The van der Waals surface area contributed by atoms with Crippen molar-refractivity contribution >= 4 is 6.21 Å². The number of rotatable bonds is 0. The molecular formula is C8H15N. The van der Waals surface area contributed by atoms with E-state index in [9.17, 15) is 0 Å². The van der Waals surface area contributed by atoms with Gasteiger partial charge < -0.3 is 0 Å². The first-order valence-electron chi connectivity index (χ1n) is 3.73. The fourth-order valence-corrected chi connectivity index (χ4v) is 1.22. The molecule has 9 heavy (non-hydrogen) atoms. The maximum atomic E-state index is 4.34. The molecule has 1 aliphatic rings. The largest absolute Gasteiger partial charge is 0.294 e. The van der Waals surface area contributed by atoms with Gasteiger partial charge in [0, 0.05) is 6.04 Å². The Morgan fingerprint density at radius 3 is 2.44 bits per heavy atom. The minimum absolute atomic E-state index is 0.550. The highest BCUT2D eigenvalue weighted by Gasteiger charge is 2.20. The van der Waals surface area contributed by atoms with Crippen molar-refractivity contribution in [1.29, 1.82) is 0 Å². The molecule has 1 heterocycles. The second kappa shape index (κ2) is 2.51. The van der Waals surface area contributed by atoms with Crippen molar-refractivity contribution in [2.24, 2.45) is 16.8 Å². The van der Waals surface area contributed by atoms with E-state index in [4.69, 9.17) is 0 Å². The maximum Gasteiger partial charge on any atom is 0.0495 e. The monoisotopic (exact) mass is 125 g/mol. The second-order valence-electron chi connectivity index (χ2n) is 3.14. The van der Waals surface area contributed by atoms with Crippen molar-refractivity contribution in [2.45, 2.75) is 33.2 Å². The van der Waals surface area contributed by atoms with Gasteiger partial charge in [0.15, 0.2) is 0 Å². The van der Waals surface area contributed by atoms with Gasteiger partial charge in [0.2, 0.25) is 0 Å². The minimum Gasteiger partial charge on any atom is -0.294 e. The van der Waals surface area contributed by atoms with E-state index in [-0.39, 0.29) is 0 Å². The van der Waals surface area contributed by atoms with Crippen LogP contribution in [0.25, 0.3) is 0 Å². The molecule has 0 aliphatic carbocycles. The van der Waals surface area contributed by atoms with Gasteiger partial charge in [0.05, 0.1) is 0 Å². The molecule has 0 fully saturated rings. The van der Waals surface area contributed by atoms with Crippen LogP contribution in [0.2, 0.25) is 0 Å². The predicted molar refractivity (Wildman–Crippen MR) is 40.9 cm³/mol. The van der Waals surface area contributed by atoms with Crippen LogP contribution in [0.1, 0.15) is 27.2 Å². The summed E-state index contributed by atoms with van der Waals surface area (Å²) in [4.78, 5) is 4.34. The van der Waals surface area contributed by atoms with E-state index < -0.39 is 0 Å². The first-order valence-corrected chi connectivity index (χ1v) is 3.73. The average molecular weight is 125 g/mol. The molecule has 0 saturated carbocycles. The lowest BCUT2D eigenvalue weighted by Gasteiger charge is -2.26. The maximum absolute atomic E-state index is 4.34. The van der Waals surface area contributed by atoms with Gasteiger partial charge in [-0.3, -0.25) is 4.99 Å². The van der Waals surface area contributed by atoms with Crippen molar-refractivity contribution in [2.75, 3.05) is 0 Å². The Bertz CT molecular complexity index is 118. The van der Waals surface area contributed by atoms with Gasteiger partial charge in [0.1, 0.15) is 0 Å². The molecule has 1 rings (SSSR count). The molecule has 52 valence electrons. The van der Waals surface area contributed by atoms with E-state index in [2.05, 4.69) is 32.0 Å². The van der Waals surface area contributed by atoms with Crippen LogP contribution in [-0.2, 0) is 0 Å². The molecule has 0 unspecified atom stereocenters. The van der Waals surface area contributed by atoms with Crippen LogP contribution in [0.3, 0.4) is 0 Å². The molecule has 0 aromatic carbocycles. The van der Waals surface area contributed by atoms with Crippen LogP contribution >= 0.6 is 0 Å². The molecule has 1 aliphatic heterocycles. The summed E-state index contributed by atoms with van der Waals surface area (Å²) in [6.07, 6.45) is 3.24. The van der Waals surface area contributed by atoms with Crippen molar-refractivity contribution in [3.63, 3.8) is 0 Å². The standard InChI is InChI=1S/C8H15N/c1-6-4-5-9-8(3)7(6)2/h5-8H,4H2,1-3H3/t6-,7+,8+/m0/s1. The van der Waals surface area contributed by atoms with Crippen LogP contribution in [0.4, 0.5) is 0 Å². The fraction of sp³-hybridized carbons (Fsp3) is 0.875. The highest BCUT2D eigenvalue weighted by Crippen LogP contribution is 2.23. The van der Waals surface area contributed by atoms with Crippen LogP contribution in [0.15, 0.2) is 4.99 Å². The van der Waals surface area contributed by atoms with Gasteiger partial charge in [-0.25, -0.2) is 0 Å². The Kier molecular flexibility index (Phi) is 1.89. The van der Waals surface area contributed by atoms with Crippen molar-refractivity contribution < 1.29 is 0 Å². The normalized spacial score (nSPS) is 43.2. The third kappa shape index (κ3) is 1.32. The second-order valence-corrected chi connectivity index (χ2v) is 3.14. The number of hydrogen-bond acceptors (Lipinski definition) is 1. The number of nitrogens with zero attached hydrogens (tertiary/aromatic N) is 1. The van der Waals surface area contributed by atoms with Gasteiger partial charge in [-0.1, -0.05) is 13.8 Å². The van der Waals surface area contributed by atoms with Crippen molar-refractivity contribution in [3.05, 3.63) is 0 Å². The van der Waals surface area contributed by atoms with Gasteiger partial charge >= 0.3 is 0 Å². The third-order valence-electron chi connectivity index (χ3n) is 2.48. The van der Waals surface area contributed by atoms with Crippen molar-refractivity contribution in [3.8, 4) is 0 Å². The topological polar surface area (TPSA) is 12.4 Å². The molecule has 3 atom stereocenters. The third-order valence-corrected chi connectivity index (χ3v) is 2.48. The first kappa shape index (κ1) is 6.79. The highest BCUT2D eigenvalue weighted by atomic mass is 14.8. The van der Waals surface area contributed by atoms with Gasteiger partial charge in [-0.15, -0.1) is 0 Å². The lowest BCUT2D eigenvalue weighted by atomic mass is 9.86. The molecule has 0 spiro atoms. The smallest absolute Gasteiger partial charge is 0.0495 e. The summed E-state index contributed by atoms with van der Waals surface area (Å²) in [7, 11) is 0. The molecule has 0 aromatic heterocycles. The van der Waals surface area contributed by atoms with Crippen LogP contribution in [0, 0.1) is 11.8 Å². The lowest BCUT2D eigenvalue weighted by molar-refractivity contribution is 0.335. The molecule has 0 bridgehead atoms. The molecule has 0 saturated heterocycles. The van der Waals surface area contributed by atoms with Gasteiger partial charge in [-0.2, -0.15) is 0 Å². The van der Waals surface area contributed by atoms with E-state index >= 15 is 0 Å². The zero-order valence-corrected chi connectivity index (χ0v) is 6.46. The van der Waals surface area contributed by atoms with E-state index in [1.165, 1.54) is 6.42 Å². The molecule has 1 heteroatoms. The average Bonchev–Trinajstić information content (AvgIpc) is 1.83. The molecule has 0 amide bonds. The SMILES string of the molecule is C[C@@H]1[C@@H](C)CC=N[C@@H]1C. The number of aliphatic imine (C=N–C) groups is 1. The Hall–Kier alpha value is -0.330. The zero-order valence-electron chi connectivity index (χ0n) is 6.46. The summed E-state index contributed by atoms with van der Waals surface area (Å²) in [5.41, 5.74) is 0. The fourth-order valence-electron chi connectivity index (χ4n) is 1.22. The Morgan fingerprint density at radius 2 is 2.00 bits per heavy atom. The highest BCUT2D eigenvalue weighted by molar-refractivity contribution is 5.58. The summed E-state index contributed by atoms with van der Waals surface area (Å²) in [5, 5.41) is 0. The quantitative estimate of drug-likeness (QED) is 0.470. The molecular weight excluding hydrogens is 110 g/mol. The zero-order chi connectivity index (χ0) is 6.85. The summed E-state index contributed by atoms with van der Waals surface area (Å²) in [6.45, 7) is 6.77. The van der Waals surface area contributed by atoms with E-state index in [0.29, 0.717) is 6.04 Å². The van der Waals surface area contributed by atoms with Crippen LogP contribution < -0.4 is 0 Å². The summed E-state index contributed by atoms with van der Waals surface area (Å²) in [6, 6.07) is 0.550.